The summed E-state index contributed by atoms with van der Waals surface area (Å²) in [6.45, 7) is 2.51. The van der Waals surface area contributed by atoms with Crippen molar-refractivity contribution in [2.45, 2.75) is 13.3 Å². The van der Waals surface area contributed by atoms with Crippen LogP contribution in [0, 0.1) is 6.92 Å². The van der Waals surface area contributed by atoms with E-state index in [2.05, 4.69) is 5.32 Å². The number of fused-ring (bicyclic) bond motifs is 1. The Bertz CT molecular complexity index is 750. The molecule has 0 spiro atoms. The summed E-state index contributed by atoms with van der Waals surface area (Å²) < 4.78 is 0. The number of benzene rings is 2. The largest absolute Gasteiger partial charge is 0.398 e. The molecular formula is C17H16N2O2. The first-order chi connectivity index (χ1) is 10.1. The number of hydrogen-bond donors (Lipinski definition) is 2. The number of ketones is 1. The van der Waals surface area contributed by atoms with Crippen LogP contribution in [0.1, 0.15) is 37.4 Å². The number of nitrogens with one attached hydrogen (secondary N) is 1. The summed E-state index contributed by atoms with van der Waals surface area (Å²) >= 11 is 0. The van der Waals surface area contributed by atoms with Gasteiger partial charge in [-0.2, -0.15) is 0 Å². The lowest BCUT2D eigenvalue weighted by Crippen LogP contribution is -2.32. The number of nitrogens with two attached hydrogens (primary N) is 1. The number of para-hydroxylation sites is 1. The number of carbonyl (C=O) groups is 2. The predicted molar refractivity (Wildman–Crippen MR) is 81.5 cm³/mol. The third kappa shape index (κ3) is 2.29. The number of aryl methyl sites for hydroxylation is 1. The maximum absolute atomic E-state index is 12.6. The minimum atomic E-state index is -0.155. The second-order valence-corrected chi connectivity index (χ2v) is 5.24. The normalized spacial score (nSPS) is 13.5. The van der Waals surface area contributed by atoms with Crippen LogP contribution in [0.25, 0.3) is 0 Å². The number of amides is 1. The number of rotatable bonds is 2. The van der Waals surface area contributed by atoms with Crippen LogP contribution in [0.4, 0.5) is 5.69 Å². The zero-order valence-electron chi connectivity index (χ0n) is 11.8. The van der Waals surface area contributed by atoms with Gasteiger partial charge in [0, 0.05) is 28.9 Å². The van der Waals surface area contributed by atoms with Gasteiger partial charge in [0.05, 0.1) is 0 Å². The number of anilines is 1. The molecule has 0 saturated heterocycles. The van der Waals surface area contributed by atoms with Crippen molar-refractivity contribution >= 4 is 17.4 Å². The predicted octanol–water partition coefficient (Wildman–Crippen LogP) is 2.09. The van der Waals surface area contributed by atoms with E-state index in [0.717, 1.165) is 17.5 Å². The van der Waals surface area contributed by atoms with Crippen molar-refractivity contribution in [2.75, 3.05) is 12.3 Å². The van der Waals surface area contributed by atoms with E-state index in [1.165, 1.54) is 0 Å². The number of carbonyl (C=O) groups excluding carboxylic acids is 2. The molecule has 0 fully saturated rings. The van der Waals surface area contributed by atoms with Crippen molar-refractivity contribution in [1.29, 1.82) is 0 Å². The van der Waals surface area contributed by atoms with Gasteiger partial charge in [0.1, 0.15) is 0 Å². The molecule has 0 saturated carbocycles. The van der Waals surface area contributed by atoms with Crippen LogP contribution < -0.4 is 11.1 Å². The summed E-state index contributed by atoms with van der Waals surface area (Å²) in [5.74, 6) is -0.277. The summed E-state index contributed by atoms with van der Waals surface area (Å²) in [6.07, 6.45) is 0.794. The standard InChI is InChI=1S/C17H16N2O2/c1-10-3-2-4-13(15(10)18)16(20)12-6-5-11-7-8-19-17(21)14(11)9-12/h2-6,9H,7-8,18H2,1H3,(H,19,21). The monoisotopic (exact) mass is 280 g/mol. The number of nitrogen functional groups attached to an aromatic ring is 1. The quantitative estimate of drug-likeness (QED) is 0.653. The maximum atomic E-state index is 12.6. The first-order valence-electron chi connectivity index (χ1n) is 6.89. The number of hydrogen-bond acceptors (Lipinski definition) is 3. The molecule has 0 aliphatic carbocycles. The molecule has 3 N–H and O–H groups in total. The lowest BCUT2D eigenvalue weighted by Gasteiger charge is -2.17. The zero-order valence-corrected chi connectivity index (χ0v) is 11.8. The van der Waals surface area contributed by atoms with Crippen LogP contribution in [-0.4, -0.2) is 18.2 Å². The lowest BCUT2D eigenvalue weighted by molar-refractivity contribution is 0.0946. The van der Waals surface area contributed by atoms with Crippen LogP contribution in [0.5, 0.6) is 0 Å². The second-order valence-electron chi connectivity index (χ2n) is 5.24. The Balaban J connectivity index is 2.05. The molecule has 21 heavy (non-hydrogen) atoms. The highest BCUT2D eigenvalue weighted by Gasteiger charge is 2.20. The fraction of sp³-hybridized carbons (Fsp3) is 0.176. The summed E-state index contributed by atoms with van der Waals surface area (Å²) in [6, 6.07) is 10.7. The molecule has 2 aromatic rings. The average molecular weight is 280 g/mol. The molecule has 1 heterocycles. The SMILES string of the molecule is Cc1cccc(C(=O)c2ccc3c(c2)C(=O)NCC3)c1N. The summed E-state index contributed by atoms with van der Waals surface area (Å²) in [7, 11) is 0. The topological polar surface area (TPSA) is 72.2 Å². The van der Waals surface area contributed by atoms with E-state index < -0.39 is 0 Å². The average Bonchev–Trinajstić information content (AvgIpc) is 2.49. The first kappa shape index (κ1) is 13.4. The molecule has 1 amide bonds. The molecule has 1 aliphatic rings. The van der Waals surface area contributed by atoms with Crippen molar-refractivity contribution < 1.29 is 9.59 Å². The molecule has 0 atom stereocenters. The molecule has 1 aliphatic heterocycles. The van der Waals surface area contributed by atoms with Crippen LogP contribution in [0.2, 0.25) is 0 Å². The second kappa shape index (κ2) is 5.05. The van der Waals surface area contributed by atoms with Gasteiger partial charge >= 0.3 is 0 Å². The molecule has 2 aromatic carbocycles. The van der Waals surface area contributed by atoms with E-state index in [1.807, 2.05) is 25.1 Å². The highest BCUT2D eigenvalue weighted by molar-refractivity contribution is 6.13. The zero-order chi connectivity index (χ0) is 15.0. The molecule has 4 heteroatoms. The highest BCUT2D eigenvalue weighted by Crippen LogP contribution is 2.22. The van der Waals surface area contributed by atoms with Crippen LogP contribution in [0.15, 0.2) is 36.4 Å². The van der Waals surface area contributed by atoms with Crippen LogP contribution >= 0.6 is 0 Å². The summed E-state index contributed by atoms with van der Waals surface area (Å²) in [5.41, 5.74) is 9.88. The van der Waals surface area contributed by atoms with Gasteiger partial charge in [-0.1, -0.05) is 24.3 Å². The Morgan fingerprint density at radius 1 is 1.24 bits per heavy atom. The van der Waals surface area contributed by atoms with Gasteiger partial charge in [-0.05, 0) is 36.6 Å². The highest BCUT2D eigenvalue weighted by atomic mass is 16.1. The Morgan fingerprint density at radius 2 is 2.05 bits per heavy atom. The minimum absolute atomic E-state index is 0.122. The van der Waals surface area contributed by atoms with Gasteiger partial charge in [-0.15, -0.1) is 0 Å². The maximum Gasteiger partial charge on any atom is 0.251 e. The minimum Gasteiger partial charge on any atom is -0.398 e. The van der Waals surface area contributed by atoms with Gasteiger partial charge in [0.2, 0.25) is 0 Å². The Labute approximate surface area is 123 Å². The van der Waals surface area contributed by atoms with Crippen LogP contribution in [0.3, 0.4) is 0 Å². The lowest BCUT2D eigenvalue weighted by atomic mass is 9.93. The van der Waals surface area contributed by atoms with E-state index >= 15 is 0 Å². The third-order valence-corrected chi connectivity index (χ3v) is 3.87. The molecule has 0 bridgehead atoms. The van der Waals surface area contributed by atoms with Crippen LogP contribution in [-0.2, 0) is 6.42 Å². The van der Waals surface area contributed by atoms with E-state index in [1.54, 1.807) is 18.2 Å². The van der Waals surface area contributed by atoms with Gasteiger partial charge in [0.15, 0.2) is 5.78 Å². The fourth-order valence-electron chi connectivity index (χ4n) is 2.59. The molecule has 0 unspecified atom stereocenters. The van der Waals surface area contributed by atoms with Gasteiger partial charge < -0.3 is 11.1 Å². The van der Waals surface area contributed by atoms with E-state index in [-0.39, 0.29) is 11.7 Å². The third-order valence-electron chi connectivity index (χ3n) is 3.87. The molecule has 4 nitrogen and oxygen atoms in total. The van der Waals surface area contributed by atoms with Crippen molar-refractivity contribution in [3.8, 4) is 0 Å². The Hall–Kier alpha value is -2.62. The Morgan fingerprint density at radius 3 is 2.86 bits per heavy atom. The fourth-order valence-corrected chi connectivity index (χ4v) is 2.59. The molecule has 106 valence electrons. The van der Waals surface area contributed by atoms with Gasteiger partial charge in [-0.3, -0.25) is 9.59 Å². The smallest absolute Gasteiger partial charge is 0.251 e. The summed E-state index contributed by atoms with van der Waals surface area (Å²) in [4.78, 5) is 24.5. The first-order valence-corrected chi connectivity index (χ1v) is 6.89. The Kier molecular flexibility index (Phi) is 3.22. The molecule has 0 radical (unpaired) electrons. The van der Waals surface area contributed by atoms with Crippen molar-refractivity contribution in [3.63, 3.8) is 0 Å². The van der Waals surface area contributed by atoms with Gasteiger partial charge in [-0.25, -0.2) is 0 Å². The summed E-state index contributed by atoms with van der Waals surface area (Å²) in [5, 5.41) is 2.79. The van der Waals surface area contributed by atoms with Crippen molar-refractivity contribution in [3.05, 3.63) is 64.2 Å². The van der Waals surface area contributed by atoms with E-state index in [9.17, 15) is 9.59 Å². The van der Waals surface area contributed by atoms with E-state index in [0.29, 0.717) is 28.9 Å². The van der Waals surface area contributed by atoms with Crippen molar-refractivity contribution in [2.24, 2.45) is 0 Å². The van der Waals surface area contributed by atoms with E-state index in [4.69, 9.17) is 5.73 Å². The molecular weight excluding hydrogens is 264 g/mol. The molecule has 0 aromatic heterocycles. The molecule has 3 rings (SSSR count). The van der Waals surface area contributed by atoms with Gasteiger partial charge in [0.25, 0.3) is 5.91 Å². The van der Waals surface area contributed by atoms with Crippen molar-refractivity contribution in [1.82, 2.24) is 5.32 Å².